The van der Waals surface area contributed by atoms with Crippen LogP contribution in [0.4, 0.5) is 0 Å². The van der Waals surface area contributed by atoms with Crippen molar-refractivity contribution in [2.75, 3.05) is 19.6 Å². The number of halogens is 1. The van der Waals surface area contributed by atoms with E-state index in [4.69, 9.17) is 11.6 Å². The molecule has 0 aromatic heterocycles. The first-order valence-electron chi connectivity index (χ1n) is 7.83. The average molecular weight is 323 g/mol. The smallest absolute Gasteiger partial charge is 0.232 e. The number of nitrogens with one attached hydrogen (secondary N) is 1. The van der Waals surface area contributed by atoms with Crippen LogP contribution in [0.15, 0.2) is 24.3 Å². The SMILES string of the molecule is CC1CCCN(C(=O)CC(=O)NCCc2ccc(Cl)cc2)C1. The summed E-state index contributed by atoms with van der Waals surface area (Å²) >= 11 is 5.83. The lowest BCUT2D eigenvalue weighted by Gasteiger charge is -2.30. The van der Waals surface area contributed by atoms with Gasteiger partial charge in [-0.1, -0.05) is 30.7 Å². The van der Waals surface area contributed by atoms with Crippen molar-refractivity contribution in [2.45, 2.75) is 32.6 Å². The Morgan fingerprint density at radius 2 is 2.05 bits per heavy atom. The number of amides is 2. The summed E-state index contributed by atoms with van der Waals surface area (Å²) in [6.07, 6.45) is 2.88. The van der Waals surface area contributed by atoms with Crippen molar-refractivity contribution in [2.24, 2.45) is 5.92 Å². The van der Waals surface area contributed by atoms with Gasteiger partial charge in [0.15, 0.2) is 0 Å². The Bertz CT molecular complexity index is 516. The molecule has 0 bridgehead atoms. The number of nitrogens with zero attached hydrogens (tertiary/aromatic N) is 1. The van der Waals surface area contributed by atoms with E-state index in [-0.39, 0.29) is 18.2 Å². The van der Waals surface area contributed by atoms with Gasteiger partial charge in [0.1, 0.15) is 6.42 Å². The molecule has 1 heterocycles. The average Bonchev–Trinajstić information content (AvgIpc) is 2.49. The highest BCUT2D eigenvalue weighted by Crippen LogP contribution is 2.16. The number of benzene rings is 1. The Morgan fingerprint density at radius 3 is 2.73 bits per heavy atom. The van der Waals surface area contributed by atoms with Crippen molar-refractivity contribution in [3.8, 4) is 0 Å². The van der Waals surface area contributed by atoms with Crippen LogP contribution in [-0.2, 0) is 16.0 Å². The molecule has 1 N–H and O–H groups in total. The lowest BCUT2D eigenvalue weighted by molar-refractivity contribution is -0.137. The molecule has 1 atom stereocenters. The fourth-order valence-corrected chi connectivity index (χ4v) is 2.85. The quantitative estimate of drug-likeness (QED) is 0.847. The summed E-state index contributed by atoms with van der Waals surface area (Å²) in [4.78, 5) is 25.7. The van der Waals surface area contributed by atoms with E-state index in [2.05, 4.69) is 12.2 Å². The monoisotopic (exact) mass is 322 g/mol. The third-order valence-corrected chi connectivity index (χ3v) is 4.22. The van der Waals surface area contributed by atoms with Crippen molar-refractivity contribution in [3.05, 3.63) is 34.9 Å². The molecule has 1 fully saturated rings. The first kappa shape index (κ1) is 16.8. The molecule has 5 heteroatoms. The summed E-state index contributed by atoms with van der Waals surface area (Å²) in [5.74, 6) is 0.276. The maximum atomic E-state index is 12.1. The van der Waals surface area contributed by atoms with E-state index < -0.39 is 0 Å². The van der Waals surface area contributed by atoms with Crippen LogP contribution in [0.2, 0.25) is 5.02 Å². The van der Waals surface area contributed by atoms with Crippen molar-refractivity contribution in [3.63, 3.8) is 0 Å². The minimum atomic E-state index is -0.197. The number of hydrogen-bond donors (Lipinski definition) is 1. The molecule has 22 heavy (non-hydrogen) atoms. The van der Waals surface area contributed by atoms with E-state index in [0.717, 1.165) is 37.9 Å². The van der Waals surface area contributed by atoms with Crippen molar-refractivity contribution in [1.29, 1.82) is 0 Å². The van der Waals surface area contributed by atoms with Gasteiger partial charge in [-0.15, -0.1) is 0 Å². The highest BCUT2D eigenvalue weighted by molar-refractivity contribution is 6.30. The minimum absolute atomic E-state index is 0.0483. The molecule has 1 aliphatic rings. The van der Waals surface area contributed by atoms with Gasteiger partial charge in [-0.3, -0.25) is 9.59 Å². The summed E-state index contributed by atoms with van der Waals surface area (Å²) in [5, 5.41) is 3.51. The third-order valence-electron chi connectivity index (χ3n) is 3.97. The van der Waals surface area contributed by atoms with Crippen molar-refractivity contribution in [1.82, 2.24) is 10.2 Å². The number of rotatable bonds is 5. The molecule has 2 amide bonds. The van der Waals surface area contributed by atoms with Crippen LogP contribution in [-0.4, -0.2) is 36.3 Å². The Kier molecular flexibility index (Phi) is 6.25. The van der Waals surface area contributed by atoms with Gasteiger partial charge in [-0.05, 0) is 42.9 Å². The second kappa shape index (κ2) is 8.18. The number of carbonyl (C=O) groups is 2. The van der Waals surface area contributed by atoms with Gasteiger partial charge >= 0.3 is 0 Å². The van der Waals surface area contributed by atoms with Gasteiger partial charge in [0.25, 0.3) is 0 Å². The molecule has 4 nitrogen and oxygen atoms in total. The van der Waals surface area contributed by atoms with Crippen LogP contribution in [0.3, 0.4) is 0 Å². The fraction of sp³-hybridized carbons (Fsp3) is 0.529. The summed E-state index contributed by atoms with van der Waals surface area (Å²) in [6.45, 7) is 4.23. The summed E-state index contributed by atoms with van der Waals surface area (Å²) < 4.78 is 0. The lowest BCUT2D eigenvalue weighted by atomic mass is 10.00. The summed E-state index contributed by atoms with van der Waals surface area (Å²) in [5.41, 5.74) is 1.11. The second-order valence-corrected chi connectivity index (χ2v) is 6.43. The largest absolute Gasteiger partial charge is 0.355 e. The van der Waals surface area contributed by atoms with E-state index in [1.165, 1.54) is 0 Å². The zero-order valence-electron chi connectivity index (χ0n) is 13.0. The molecule has 1 unspecified atom stereocenters. The minimum Gasteiger partial charge on any atom is -0.355 e. The van der Waals surface area contributed by atoms with Crippen molar-refractivity contribution >= 4 is 23.4 Å². The molecule has 0 saturated carbocycles. The molecular formula is C17H23ClN2O2. The number of hydrogen-bond acceptors (Lipinski definition) is 2. The predicted molar refractivity (Wildman–Crippen MR) is 87.8 cm³/mol. The van der Waals surface area contributed by atoms with Gasteiger partial charge in [0, 0.05) is 24.7 Å². The molecule has 0 radical (unpaired) electrons. The Balaban J connectivity index is 1.69. The van der Waals surface area contributed by atoms with Gasteiger partial charge in [0.05, 0.1) is 0 Å². The number of likely N-dealkylation sites (tertiary alicyclic amines) is 1. The summed E-state index contributed by atoms with van der Waals surface area (Å²) in [7, 11) is 0. The normalized spacial score (nSPS) is 18.1. The maximum Gasteiger partial charge on any atom is 0.232 e. The van der Waals surface area contributed by atoms with Gasteiger partial charge < -0.3 is 10.2 Å². The highest BCUT2D eigenvalue weighted by Gasteiger charge is 2.22. The maximum absolute atomic E-state index is 12.1. The zero-order valence-corrected chi connectivity index (χ0v) is 13.7. The Labute approximate surface area is 136 Å². The second-order valence-electron chi connectivity index (χ2n) is 5.99. The number of piperidine rings is 1. The molecule has 120 valence electrons. The topological polar surface area (TPSA) is 49.4 Å². The fourth-order valence-electron chi connectivity index (χ4n) is 2.72. The standard InChI is InChI=1S/C17H23ClN2O2/c1-13-3-2-10-20(12-13)17(22)11-16(21)19-9-8-14-4-6-15(18)7-5-14/h4-7,13H,2-3,8-12H2,1H3,(H,19,21). The highest BCUT2D eigenvalue weighted by atomic mass is 35.5. The third kappa shape index (κ3) is 5.34. The number of carbonyl (C=O) groups excluding carboxylic acids is 2. The van der Waals surface area contributed by atoms with Crippen LogP contribution >= 0.6 is 11.6 Å². The molecule has 0 spiro atoms. The Morgan fingerprint density at radius 1 is 1.32 bits per heavy atom. The molecule has 1 aromatic carbocycles. The van der Waals surface area contributed by atoms with E-state index in [1.807, 2.05) is 29.2 Å². The molecule has 2 rings (SSSR count). The van der Waals surface area contributed by atoms with Crippen LogP contribution in [0.25, 0.3) is 0 Å². The van der Waals surface area contributed by atoms with E-state index in [9.17, 15) is 9.59 Å². The van der Waals surface area contributed by atoms with Crippen molar-refractivity contribution < 1.29 is 9.59 Å². The van der Waals surface area contributed by atoms with Gasteiger partial charge in [-0.25, -0.2) is 0 Å². The molecular weight excluding hydrogens is 300 g/mol. The van der Waals surface area contributed by atoms with Crippen LogP contribution in [0.5, 0.6) is 0 Å². The molecule has 1 aliphatic heterocycles. The van der Waals surface area contributed by atoms with Crippen LogP contribution < -0.4 is 5.32 Å². The zero-order chi connectivity index (χ0) is 15.9. The lowest BCUT2D eigenvalue weighted by Crippen LogP contribution is -2.41. The molecule has 1 saturated heterocycles. The first-order chi connectivity index (χ1) is 10.5. The predicted octanol–water partition coefficient (Wildman–Crippen LogP) is 2.65. The Hall–Kier alpha value is -1.55. The summed E-state index contributed by atoms with van der Waals surface area (Å²) in [6, 6.07) is 7.54. The van der Waals surface area contributed by atoms with Crippen LogP contribution in [0, 0.1) is 5.92 Å². The van der Waals surface area contributed by atoms with Crippen LogP contribution in [0.1, 0.15) is 31.7 Å². The molecule has 1 aromatic rings. The molecule has 0 aliphatic carbocycles. The van der Waals surface area contributed by atoms with E-state index in [1.54, 1.807) is 0 Å². The van der Waals surface area contributed by atoms with E-state index >= 15 is 0 Å². The van der Waals surface area contributed by atoms with Gasteiger partial charge in [-0.2, -0.15) is 0 Å². The van der Waals surface area contributed by atoms with E-state index in [0.29, 0.717) is 17.5 Å². The van der Waals surface area contributed by atoms with Gasteiger partial charge in [0.2, 0.25) is 11.8 Å². The first-order valence-corrected chi connectivity index (χ1v) is 8.21.